The van der Waals surface area contributed by atoms with Crippen LogP contribution in [-0.4, -0.2) is 33.9 Å². The summed E-state index contributed by atoms with van der Waals surface area (Å²) in [6.07, 6.45) is 3.29. The van der Waals surface area contributed by atoms with Crippen LogP contribution in [0.3, 0.4) is 0 Å². The molecule has 0 saturated heterocycles. The molecule has 0 fully saturated rings. The number of rotatable bonds is 6. The second-order valence-corrected chi connectivity index (χ2v) is 11.2. The van der Waals surface area contributed by atoms with Crippen LogP contribution in [0, 0.1) is 0 Å². The van der Waals surface area contributed by atoms with E-state index in [9.17, 15) is 9.00 Å². The first kappa shape index (κ1) is 23.5. The summed E-state index contributed by atoms with van der Waals surface area (Å²) in [6, 6.07) is 11.5. The maximum absolute atomic E-state index is 13.3. The van der Waals surface area contributed by atoms with Crippen molar-refractivity contribution in [2.45, 2.75) is 26.2 Å². The van der Waals surface area contributed by atoms with Crippen molar-refractivity contribution in [3.63, 3.8) is 0 Å². The maximum Gasteiger partial charge on any atom is 0.272 e. The van der Waals surface area contributed by atoms with Crippen LogP contribution in [0.4, 0.5) is 11.4 Å². The van der Waals surface area contributed by atoms with Gasteiger partial charge in [0.2, 0.25) is 0 Å². The van der Waals surface area contributed by atoms with E-state index in [1.807, 2.05) is 48.0 Å². The first-order chi connectivity index (χ1) is 14.9. The topological polar surface area (TPSA) is 72.4 Å². The number of benzene rings is 2. The van der Waals surface area contributed by atoms with Gasteiger partial charge in [0.15, 0.2) is 5.75 Å². The first-order valence-electron chi connectivity index (χ1n) is 10.2. The molecule has 3 rings (SSSR count). The molecule has 3 aromatic rings. The third-order valence-corrected chi connectivity index (χ3v) is 5.92. The van der Waals surface area contributed by atoms with Crippen LogP contribution in [0.1, 0.15) is 42.4 Å². The Balaban J connectivity index is 2.12. The van der Waals surface area contributed by atoms with Gasteiger partial charge in [-0.15, -0.1) is 0 Å². The molecular formula is C25H31N3O3S. The Kier molecular flexibility index (Phi) is 6.15. The van der Waals surface area contributed by atoms with E-state index in [1.165, 1.54) is 13.4 Å². The molecule has 170 valence electrons. The summed E-state index contributed by atoms with van der Waals surface area (Å²) in [5, 5.41) is 3.95. The van der Waals surface area contributed by atoms with Crippen LogP contribution in [0.2, 0.25) is 0 Å². The van der Waals surface area contributed by atoms with Crippen LogP contribution >= 0.6 is 0 Å². The molecule has 0 saturated carbocycles. The van der Waals surface area contributed by atoms with Gasteiger partial charge in [-0.05, 0) is 40.6 Å². The Morgan fingerprint density at radius 2 is 1.84 bits per heavy atom. The summed E-state index contributed by atoms with van der Waals surface area (Å²) in [6.45, 7) is 10.1. The van der Waals surface area contributed by atoms with Gasteiger partial charge in [0, 0.05) is 28.4 Å². The summed E-state index contributed by atoms with van der Waals surface area (Å²) in [4.78, 5) is 13.3. The molecule has 0 aliphatic heterocycles. The highest BCUT2D eigenvalue weighted by molar-refractivity contribution is 8.00. The Morgan fingerprint density at radius 1 is 1.19 bits per heavy atom. The minimum absolute atomic E-state index is 0.212. The fraction of sp³-hybridized carbons (Fsp3) is 0.280. The number of ether oxygens (including phenoxy) is 1. The average molecular weight is 454 g/mol. The quantitative estimate of drug-likeness (QED) is 0.513. The minimum atomic E-state index is -2.56. The van der Waals surface area contributed by atoms with Crippen LogP contribution in [0.5, 0.6) is 5.75 Å². The van der Waals surface area contributed by atoms with Gasteiger partial charge in [0.1, 0.15) is 5.69 Å². The molecule has 1 unspecified atom stereocenters. The van der Waals surface area contributed by atoms with E-state index in [-0.39, 0.29) is 11.3 Å². The average Bonchev–Trinajstić information content (AvgIpc) is 3.03. The third kappa shape index (κ3) is 4.67. The first-order valence-corrected chi connectivity index (χ1v) is 12.3. The highest BCUT2D eigenvalue weighted by Gasteiger charge is 2.23. The van der Waals surface area contributed by atoms with E-state index in [2.05, 4.69) is 43.3 Å². The Hall–Kier alpha value is -3.19. The highest BCUT2D eigenvalue weighted by Crippen LogP contribution is 2.39. The molecule has 0 radical (unpaired) electrons. The zero-order chi connectivity index (χ0) is 23.8. The molecule has 1 atom stereocenters. The standard InChI is InChI=1S/C25H31N3O3S/c1-9-16-11-10-12-17-13-21(28(5)22(16)17)24(29)26-19-14-18(25(2,3)4)15-20(23(19)31-6)27-32(7,8)30/h9-15H,1,7H2,2-6,8H3,(H,26,29)(H,27,30). The predicted octanol–water partition coefficient (Wildman–Crippen LogP) is 5.05. The zero-order valence-electron chi connectivity index (χ0n) is 19.5. The number of para-hydroxylation sites is 1. The summed E-state index contributed by atoms with van der Waals surface area (Å²) in [5.74, 6) is 3.81. The molecule has 7 heteroatoms. The van der Waals surface area contributed by atoms with E-state index in [0.29, 0.717) is 22.8 Å². The maximum atomic E-state index is 13.3. The number of amides is 1. The number of methoxy groups -OCH3 is 1. The molecular weight excluding hydrogens is 422 g/mol. The van der Waals surface area contributed by atoms with Crippen molar-refractivity contribution < 1.29 is 13.7 Å². The smallest absolute Gasteiger partial charge is 0.272 e. The van der Waals surface area contributed by atoms with Crippen molar-refractivity contribution >= 4 is 49.8 Å². The van der Waals surface area contributed by atoms with Crippen molar-refractivity contribution in [3.05, 3.63) is 59.8 Å². The summed E-state index contributed by atoms with van der Waals surface area (Å²) in [7, 11) is 0.813. The number of aromatic nitrogens is 1. The summed E-state index contributed by atoms with van der Waals surface area (Å²) >= 11 is 0. The predicted molar refractivity (Wildman–Crippen MR) is 137 cm³/mol. The van der Waals surface area contributed by atoms with E-state index in [0.717, 1.165) is 22.0 Å². The van der Waals surface area contributed by atoms with Gasteiger partial charge in [-0.1, -0.05) is 51.6 Å². The number of nitrogens with one attached hydrogen (secondary N) is 2. The zero-order valence-corrected chi connectivity index (χ0v) is 20.4. The van der Waals surface area contributed by atoms with Crippen molar-refractivity contribution in [2.75, 3.05) is 23.4 Å². The molecule has 0 spiro atoms. The fourth-order valence-corrected chi connectivity index (χ4v) is 4.32. The number of nitrogens with zero attached hydrogens (tertiary/aromatic N) is 1. The lowest BCUT2D eigenvalue weighted by Crippen LogP contribution is -2.19. The molecule has 0 aliphatic carbocycles. The van der Waals surface area contributed by atoms with E-state index >= 15 is 0 Å². The Bertz CT molecular complexity index is 1310. The number of carbonyl (C=O) groups is 1. The number of anilines is 2. The molecule has 6 nitrogen and oxygen atoms in total. The number of hydrogen-bond donors (Lipinski definition) is 2. The number of carbonyl (C=O) groups excluding carboxylic acids is 1. The largest absolute Gasteiger partial charge is 0.492 e. The van der Waals surface area contributed by atoms with Gasteiger partial charge < -0.3 is 19.3 Å². The second-order valence-electron chi connectivity index (χ2n) is 8.99. The molecule has 32 heavy (non-hydrogen) atoms. The van der Waals surface area contributed by atoms with Gasteiger partial charge in [-0.2, -0.15) is 0 Å². The lowest BCUT2D eigenvalue weighted by molar-refractivity contribution is 0.101. The third-order valence-electron chi connectivity index (χ3n) is 5.27. The molecule has 0 bridgehead atoms. The van der Waals surface area contributed by atoms with Crippen LogP contribution in [0.15, 0.2) is 43.0 Å². The van der Waals surface area contributed by atoms with Crippen LogP contribution in [-0.2, 0) is 22.2 Å². The minimum Gasteiger partial charge on any atom is -0.492 e. The number of aryl methyl sites for hydroxylation is 1. The summed E-state index contributed by atoms with van der Waals surface area (Å²) < 4.78 is 22.8. The lowest BCUT2D eigenvalue weighted by Gasteiger charge is -2.24. The van der Waals surface area contributed by atoms with Gasteiger partial charge >= 0.3 is 0 Å². The molecule has 1 amide bonds. The van der Waals surface area contributed by atoms with Gasteiger partial charge in [-0.25, -0.2) is 4.21 Å². The Labute approximate surface area is 190 Å². The van der Waals surface area contributed by atoms with E-state index < -0.39 is 9.71 Å². The van der Waals surface area contributed by atoms with Crippen molar-refractivity contribution in [3.8, 4) is 5.75 Å². The molecule has 0 aliphatic rings. The number of hydrogen-bond acceptors (Lipinski definition) is 3. The SMILES string of the molecule is C=Cc1cccc2cc(C(=O)Nc3cc(C(C)(C)C)cc(NS(=C)(C)=O)c3OC)n(C)c12. The van der Waals surface area contributed by atoms with Crippen molar-refractivity contribution in [1.29, 1.82) is 0 Å². The lowest BCUT2D eigenvalue weighted by atomic mass is 9.86. The normalized spacial score (nSPS) is 13.4. The van der Waals surface area contributed by atoms with Crippen LogP contribution < -0.4 is 14.8 Å². The van der Waals surface area contributed by atoms with E-state index in [1.54, 1.807) is 6.08 Å². The monoisotopic (exact) mass is 453 g/mol. The van der Waals surface area contributed by atoms with E-state index in [4.69, 9.17) is 4.74 Å². The van der Waals surface area contributed by atoms with Gasteiger partial charge in [0.25, 0.3) is 5.91 Å². The fourth-order valence-electron chi connectivity index (χ4n) is 3.70. The van der Waals surface area contributed by atoms with Crippen molar-refractivity contribution in [1.82, 2.24) is 4.57 Å². The Morgan fingerprint density at radius 3 is 2.41 bits per heavy atom. The molecule has 2 N–H and O–H groups in total. The highest BCUT2D eigenvalue weighted by atomic mass is 32.2. The van der Waals surface area contributed by atoms with Crippen molar-refractivity contribution in [2.24, 2.45) is 7.05 Å². The number of fused-ring (bicyclic) bond motifs is 1. The van der Waals surface area contributed by atoms with Gasteiger partial charge in [0.05, 0.1) is 24.0 Å². The molecule has 2 aromatic carbocycles. The molecule has 1 heterocycles. The summed E-state index contributed by atoms with van der Waals surface area (Å²) in [5.41, 5.74) is 4.14. The molecule has 1 aromatic heterocycles. The van der Waals surface area contributed by atoms with Crippen LogP contribution in [0.25, 0.3) is 17.0 Å². The van der Waals surface area contributed by atoms with Gasteiger partial charge in [-0.3, -0.25) is 4.79 Å². The second kappa shape index (κ2) is 8.39.